The number of aliphatic hydroxyl groups is 1. The molecular weight excluding hydrogens is 371 g/mol. The maximum absolute atomic E-state index is 13.4. The molecule has 1 saturated heterocycles. The lowest BCUT2D eigenvalue weighted by atomic mass is 9.95. The van der Waals surface area contributed by atoms with Crippen LogP contribution in [0.2, 0.25) is 0 Å². The van der Waals surface area contributed by atoms with Crippen LogP contribution in [0, 0.1) is 5.82 Å². The highest BCUT2D eigenvalue weighted by Gasteiger charge is 2.43. The number of benzene rings is 2. The van der Waals surface area contributed by atoms with E-state index < -0.39 is 23.5 Å². The molecule has 2 aromatic rings. The Labute approximate surface area is 169 Å². The minimum atomic E-state index is -0.784. The predicted molar refractivity (Wildman–Crippen MR) is 109 cm³/mol. The Hall–Kier alpha value is -3.15. The van der Waals surface area contributed by atoms with Crippen LogP contribution in [0.5, 0.6) is 0 Å². The van der Waals surface area contributed by atoms with Gasteiger partial charge in [-0.25, -0.2) is 4.39 Å². The number of Topliss-reactive ketones (excluding diaryl/α,β-unsaturated/α-hetero) is 1. The number of nitrogens with zero attached hydrogens (tertiary/aromatic N) is 2. The Morgan fingerprint density at radius 1 is 1.03 bits per heavy atom. The highest BCUT2D eigenvalue weighted by Crippen LogP contribution is 2.41. The zero-order valence-corrected chi connectivity index (χ0v) is 16.3. The molecule has 29 heavy (non-hydrogen) atoms. The Balaban J connectivity index is 1.75. The first kappa shape index (κ1) is 19.2. The molecule has 0 radical (unpaired) electrons. The van der Waals surface area contributed by atoms with Crippen molar-refractivity contribution < 1.29 is 19.1 Å². The smallest absolute Gasteiger partial charge is 0.294 e. The molecule has 0 saturated carbocycles. The second kappa shape index (κ2) is 7.70. The normalized spacial score (nSPS) is 19.4. The summed E-state index contributed by atoms with van der Waals surface area (Å²) in [6.07, 6.45) is 2.49. The van der Waals surface area contributed by atoms with Gasteiger partial charge >= 0.3 is 0 Å². The summed E-state index contributed by atoms with van der Waals surface area (Å²) in [6.45, 7) is 3.71. The van der Waals surface area contributed by atoms with E-state index in [4.69, 9.17) is 0 Å². The van der Waals surface area contributed by atoms with E-state index in [0.29, 0.717) is 11.3 Å². The number of rotatable bonds is 5. The van der Waals surface area contributed by atoms with Crippen molar-refractivity contribution in [3.63, 3.8) is 0 Å². The predicted octanol–water partition coefficient (Wildman–Crippen LogP) is 4.31. The summed E-state index contributed by atoms with van der Waals surface area (Å²) in [5, 5.41) is 10.5. The van der Waals surface area contributed by atoms with Crippen molar-refractivity contribution in [1.29, 1.82) is 0 Å². The van der Waals surface area contributed by atoms with Gasteiger partial charge in [0, 0.05) is 30.9 Å². The van der Waals surface area contributed by atoms with Crippen LogP contribution in [0.3, 0.4) is 0 Å². The quantitative estimate of drug-likeness (QED) is 0.821. The molecule has 0 aliphatic carbocycles. The van der Waals surface area contributed by atoms with E-state index >= 15 is 0 Å². The summed E-state index contributed by atoms with van der Waals surface area (Å²) < 4.78 is 13.4. The topological polar surface area (TPSA) is 60.9 Å². The minimum Gasteiger partial charge on any atom is -0.503 e. The lowest BCUT2D eigenvalue weighted by Crippen LogP contribution is -2.31. The van der Waals surface area contributed by atoms with Gasteiger partial charge in [0.15, 0.2) is 11.5 Å². The third kappa shape index (κ3) is 3.39. The van der Waals surface area contributed by atoms with E-state index in [9.17, 15) is 19.1 Å². The van der Waals surface area contributed by atoms with Crippen molar-refractivity contribution in [3.05, 3.63) is 71.2 Å². The number of carbonyl (C=O) groups is 2. The van der Waals surface area contributed by atoms with Crippen LogP contribution in [0.4, 0.5) is 15.8 Å². The highest BCUT2D eigenvalue weighted by molar-refractivity contribution is 6.16. The zero-order valence-electron chi connectivity index (χ0n) is 16.3. The van der Waals surface area contributed by atoms with E-state index in [1.807, 2.05) is 24.3 Å². The Morgan fingerprint density at radius 3 is 2.21 bits per heavy atom. The van der Waals surface area contributed by atoms with Crippen molar-refractivity contribution in [2.24, 2.45) is 0 Å². The highest BCUT2D eigenvalue weighted by atomic mass is 19.1. The van der Waals surface area contributed by atoms with Crippen molar-refractivity contribution in [2.45, 2.75) is 32.2 Å². The molecule has 2 heterocycles. The summed E-state index contributed by atoms with van der Waals surface area (Å²) in [7, 11) is 0. The van der Waals surface area contributed by atoms with Crippen molar-refractivity contribution >= 4 is 23.1 Å². The van der Waals surface area contributed by atoms with Crippen LogP contribution in [0.1, 0.15) is 37.8 Å². The minimum absolute atomic E-state index is 0.0627. The third-order valence-electron chi connectivity index (χ3n) is 5.61. The average molecular weight is 394 g/mol. The first-order chi connectivity index (χ1) is 14.0. The molecular formula is C23H23FN2O3. The maximum Gasteiger partial charge on any atom is 0.294 e. The first-order valence-electron chi connectivity index (χ1n) is 9.91. The molecule has 2 aliphatic heterocycles. The van der Waals surface area contributed by atoms with Crippen LogP contribution in [0.25, 0.3) is 0 Å². The van der Waals surface area contributed by atoms with E-state index in [1.165, 1.54) is 29.9 Å². The van der Waals surface area contributed by atoms with Gasteiger partial charge in [-0.15, -0.1) is 0 Å². The van der Waals surface area contributed by atoms with E-state index in [-0.39, 0.29) is 17.8 Å². The average Bonchev–Trinajstić information content (AvgIpc) is 3.36. The molecule has 4 rings (SSSR count). The fraction of sp³-hybridized carbons (Fsp3) is 0.304. The molecule has 150 valence electrons. The number of amides is 1. The summed E-state index contributed by atoms with van der Waals surface area (Å²) in [5.41, 5.74) is 2.30. The molecule has 1 fully saturated rings. The van der Waals surface area contributed by atoms with Gasteiger partial charge < -0.3 is 10.0 Å². The van der Waals surface area contributed by atoms with Gasteiger partial charge in [-0.05, 0) is 54.8 Å². The van der Waals surface area contributed by atoms with Crippen LogP contribution in [0.15, 0.2) is 59.9 Å². The molecule has 1 N–H and O–H groups in total. The molecule has 2 aromatic carbocycles. The zero-order chi connectivity index (χ0) is 20.5. The van der Waals surface area contributed by atoms with Crippen molar-refractivity contribution in [2.75, 3.05) is 22.9 Å². The lowest BCUT2D eigenvalue weighted by Gasteiger charge is -2.27. The molecule has 0 spiro atoms. The number of halogens is 1. The number of carbonyl (C=O) groups excluding carboxylic acids is 2. The Kier molecular flexibility index (Phi) is 5.09. The number of hydrogen-bond donors (Lipinski definition) is 1. The summed E-state index contributed by atoms with van der Waals surface area (Å²) >= 11 is 0. The van der Waals surface area contributed by atoms with E-state index in [1.54, 1.807) is 19.1 Å². The number of hydrogen-bond acceptors (Lipinski definition) is 4. The fourth-order valence-electron chi connectivity index (χ4n) is 4.11. The van der Waals surface area contributed by atoms with Gasteiger partial charge in [0.2, 0.25) is 0 Å². The van der Waals surface area contributed by atoms with Gasteiger partial charge in [0.05, 0.1) is 11.6 Å². The second-order valence-corrected chi connectivity index (χ2v) is 7.38. The van der Waals surface area contributed by atoms with Gasteiger partial charge in [-0.3, -0.25) is 14.5 Å². The Bertz CT molecular complexity index is 961. The van der Waals surface area contributed by atoms with Crippen LogP contribution >= 0.6 is 0 Å². The summed E-state index contributed by atoms with van der Waals surface area (Å²) in [4.78, 5) is 29.2. The molecule has 5 nitrogen and oxygen atoms in total. The Morgan fingerprint density at radius 2 is 1.62 bits per heavy atom. The van der Waals surface area contributed by atoms with Crippen molar-refractivity contribution in [1.82, 2.24) is 0 Å². The van der Waals surface area contributed by atoms with Crippen LogP contribution in [-0.2, 0) is 9.59 Å². The standard InChI is InChI=1S/C23H23FN2O3/c1-2-19(27)20-21(15-5-7-16(24)8-6-15)26(23(29)22(20)28)18-11-9-17(10-12-18)25-13-3-4-14-25/h5-12,21,28H,2-4,13-14H2,1H3. The molecule has 1 amide bonds. The number of anilines is 2. The van der Waals surface area contributed by atoms with Gasteiger partial charge in [0.25, 0.3) is 5.91 Å². The molecule has 1 unspecified atom stereocenters. The largest absolute Gasteiger partial charge is 0.503 e. The molecule has 0 aromatic heterocycles. The monoisotopic (exact) mass is 394 g/mol. The maximum atomic E-state index is 13.4. The number of ketones is 1. The molecule has 2 aliphatic rings. The number of aliphatic hydroxyl groups excluding tert-OH is 1. The molecule has 0 bridgehead atoms. The van der Waals surface area contributed by atoms with Crippen LogP contribution in [-0.4, -0.2) is 29.9 Å². The SMILES string of the molecule is CCC(=O)C1=C(O)C(=O)N(c2ccc(N3CCCC3)cc2)C1c1ccc(F)cc1. The summed E-state index contributed by atoms with van der Waals surface area (Å²) in [5.74, 6) is -1.86. The van der Waals surface area contributed by atoms with Gasteiger partial charge in [-0.2, -0.15) is 0 Å². The fourth-order valence-corrected chi connectivity index (χ4v) is 4.11. The second-order valence-electron chi connectivity index (χ2n) is 7.38. The van der Waals surface area contributed by atoms with Crippen LogP contribution < -0.4 is 9.80 Å². The molecule has 6 heteroatoms. The van der Waals surface area contributed by atoms with Crippen molar-refractivity contribution in [3.8, 4) is 0 Å². The van der Waals surface area contributed by atoms with E-state index in [0.717, 1.165) is 18.8 Å². The summed E-state index contributed by atoms with van der Waals surface area (Å²) in [6, 6.07) is 12.4. The lowest BCUT2D eigenvalue weighted by molar-refractivity contribution is -0.118. The first-order valence-corrected chi connectivity index (χ1v) is 9.91. The van der Waals surface area contributed by atoms with Gasteiger partial charge in [0.1, 0.15) is 5.82 Å². The molecule has 1 atom stereocenters. The van der Waals surface area contributed by atoms with E-state index in [2.05, 4.69) is 4.90 Å². The third-order valence-corrected chi connectivity index (χ3v) is 5.61. The van der Waals surface area contributed by atoms with Gasteiger partial charge in [-0.1, -0.05) is 19.1 Å².